The minimum Gasteiger partial charge on any atom is -0.345 e. The Bertz CT molecular complexity index is 1770. The van der Waals surface area contributed by atoms with E-state index in [1.807, 2.05) is 15.5 Å². The van der Waals surface area contributed by atoms with Crippen LogP contribution in [0.2, 0.25) is 5.02 Å². The molecule has 1 aliphatic heterocycles. The Morgan fingerprint density at radius 2 is 2.10 bits per heavy atom. The van der Waals surface area contributed by atoms with Crippen LogP contribution in [0.3, 0.4) is 0 Å². The molecule has 1 N–H and O–H groups in total. The lowest BCUT2D eigenvalue weighted by Crippen LogP contribution is -2.26. The fourth-order valence-electron chi connectivity index (χ4n) is 5.08. The molecule has 0 unspecified atom stereocenters. The lowest BCUT2D eigenvalue weighted by Gasteiger charge is -2.18. The minimum absolute atomic E-state index is 0.00673. The summed E-state index contributed by atoms with van der Waals surface area (Å²) in [5.41, 5.74) is 3.54. The highest BCUT2D eigenvalue weighted by Crippen LogP contribution is 2.42. The molecule has 0 spiro atoms. The van der Waals surface area contributed by atoms with Gasteiger partial charge < -0.3 is 9.72 Å². The van der Waals surface area contributed by atoms with Gasteiger partial charge in [-0.15, -0.1) is 5.10 Å². The molecule has 5 aromatic heterocycles. The van der Waals surface area contributed by atoms with Gasteiger partial charge in [-0.3, -0.25) is 14.5 Å². The molecule has 39 heavy (non-hydrogen) atoms. The SMILES string of the molecule is O=C(NCc1ncn2ccc(Cl)c(F)c12)c1cn(Cc2cc3cc(C4CC4)cc(N4CCCC4=O)n3n2)nn1. The first kappa shape index (κ1) is 23.8. The summed E-state index contributed by atoms with van der Waals surface area (Å²) in [4.78, 5) is 31.2. The Labute approximate surface area is 226 Å². The smallest absolute Gasteiger partial charge is 0.273 e. The molecule has 13 heteroatoms. The quantitative estimate of drug-likeness (QED) is 0.334. The number of imidazole rings is 1. The molecule has 2 amide bonds. The van der Waals surface area contributed by atoms with Crippen molar-refractivity contribution < 1.29 is 14.0 Å². The van der Waals surface area contributed by atoms with Gasteiger partial charge in [0.05, 0.1) is 47.5 Å². The highest BCUT2D eigenvalue weighted by Gasteiger charge is 2.29. The Morgan fingerprint density at radius 1 is 1.23 bits per heavy atom. The van der Waals surface area contributed by atoms with Gasteiger partial charge in [0.2, 0.25) is 5.91 Å². The topological polar surface area (TPSA) is 115 Å². The Kier molecular flexibility index (Phi) is 5.58. The molecule has 198 valence electrons. The van der Waals surface area contributed by atoms with Crippen molar-refractivity contribution in [3.8, 4) is 0 Å². The zero-order valence-electron chi connectivity index (χ0n) is 20.7. The minimum atomic E-state index is -0.596. The van der Waals surface area contributed by atoms with Crippen LogP contribution in [0.5, 0.6) is 0 Å². The lowest BCUT2D eigenvalue weighted by atomic mass is 10.1. The maximum absolute atomic E-state index is 14.5. The van der Waals surface area contributed by atoms with Gasteiger partial charge >= 0.3 is 0 Å². The van der Waals surface area contributed by atoms with Crippen molar-refractivity contribution in [3.63, 3.8) is 0 Å². The summed E-state index contributed by atoms with van der Waals surface area (Å²) >= 11 is 5.89. The van der Waals surface area contributed by atoms with E-state index in [1.165, 1.54) is 33.2 Å². The normalized spacial score (nSPS) is 15.6. The monoisotopic (exact) mass is 547 g/mol. The second-order valence-electron chi connectivity index (χ2n) is 9.95. The van der Waals surface area contributed by atoms with Gasteiger partial charge in [-0.1, -0.05) is 16.8 Å². The predicted octanol–water partition coefficient (Wildman–Crippen LogP) is 3.35. The van der Waals surface area contributed by atoms with Crippen molar-refractivity contribution >= 4 is 40.3 Å². The van der Waals surface area contributed by atoms with Gasteiger partial charge in [0.1, 0.15) is 11.3 Å². The highest BCUT2D eigenvalue weighted by molar-refractivity contribution is 6.31. The number of anilines is 1. The fourth-order valence-corrected chi connectivity index (χ4v) is 5.23. The molecule has 0 bridgehead atoms. The summed E-state index contributed by atoms with van der Waals surface area (Å²) in [6, 6.07) is 7.63. The average Bonchev–Trinajstić information content (AvgIpc) is 3.26. The Balaban J connectivity index is 1.09. The number of nitrogens with zero attached hydrogens (tertiary/aromatic N) is 8. The molecule has 1 aliphatic carbocycles. The first-order valence-electron chi connectivity index (χ1n) is 12.8. The number of rotatable bonds is 7. The molecule has 2 fully saturated rings. The predicted molar refractivity (Wildman–Crippen MR) is 139 cm³/mol. The van der Waals surface area contributed by atoms with Crippen molar-refractivity contribution in [3.05, 3.63) is 76.5 Å². The van der Waals surface area contributed by atoms with Crippen LogP contribution in [-0.2, 0) is 17.9 Å². The van der Waals surface area contributed by atoms with Crippen LogP contribution < -0.4 is 10.2 Å². The summed E-state index contributed by atoms with van der Waals surface area (Å²) in [6.45, 7) is 0.976. The van der Waals surface area contributed by atoms with E-state index in [0.717, 1.165) is 36.3 Å². The zero-order chi connectivity index (χ0) is 26.7. The van der Waals surface area contributed by atoms with Crippen LogP contribution in [0.1, 0.15) is 59.0 Å². The van der Waals surface area contributed by atoms with Gasteiger partial charge in [-0.05, 0) is 55.0 Å². The Hall–Kier alpha value is -4.32. The van der Waals surface area contributed by atoms with Crippen molar-refractivity contribution in [1.82, 2.24) is 39.3 Å². The van der Waals surface area contributed by atoms with Crippen LogP contribution in [0.15, 0.2) is 43.0 Å². The van der Waals surface area contributed by atoms with E-state index in [-0.39, 0.29) is 28.7 Å². The van der Waals surface area contributed by atoms with E-state index in [4.69, 9.17) is 16.7 Å². The van der Waals surface area contributed by atoms with Gasteiger partial charge in [0.25, 0.3) is 5.91 Å². The van der Waals surface area contributed by atoms with Gasteiger partial charge in [0, 0.05) is 19.2 Å². The zero-order valence-corrected chi connectivity index (χ0v) is 21.5. The summed E-state index contributed by atoms with van der Waals surface area (Å²) in [5.74, 6) is 0.383. The van der Waals surface area contributed by atoms with Crippen LogP contribution in [0, 0.1) is 5.82 Å². The van der Waals surface area contributed by atoms with Crippen LogP contribution in [-0.4, -0.2) is 52.4 Å². The third-order valence-electron chi connectivity index (χ3n) is 7.19. The molecular weight excluding hydrogens is 525 g/mol. The molecule has 7 rings (SSSR count). The number of pyridine rings is 2. The van der Waals surface area contributed by atoms with E-state index in [1.54, 1.807) is 6.20 Å². The number of fused-ring (bicyclic) bond motifs is 2. The number of carbonyl (C=O) groups is 2. The lowest BCUT2D eigenvalue weighted by molar-refractivity contribution is -0.117. The standard InChI is InChI=1S/C26H23ClFN9O2/c27-19-5-7-34-14-30-20(25(34)24(19)28)11-29-26(39)21-13-35(33-31-21)12-17-10-18-8-16(15-3-4-15)9-22(37(18)32-17)36-6-1-2-23(36)38/h5,7-10,13-15H,1-4,6,11-12H2,(H,29,39). The number of nitrogens with one attached hydrogen (secondary N) is 1. The fraction of sp³-hybridized carbons (Fsp3) is 0.308. The third kappa shape index (κ3) is 4.30. The highest BCUT2D eigenvalue weighted by atomic mass is 35.5. The third-order valence-corrected chi connectivity index (χ3v) is 7.49. The molecule has 2 aliphatic rings. The summed E-state index contributed by atoms with van der Waals surface area (Å²) in [7, 11) is 0. The number of hydrogen-bond acceptors (Lipinski definition) is 6. The van der Waals surface area contributed by atoms with Crippen molar-refractivity contribution in [2.45, 2.75) is 44.7 Å². The maximum Gasteiger partial charge on any atom is 0.273 e. The molecule has 0 aromatic carbocycles. The van der Waals surface area contributed by atoms with Gasteiger partial charge in [0.15, 0.2) is 11.5 Å². The largest absolute Gasteiger partial charge is 0.345 e. The van der Waals surface area contributed by atoms with E-state index in [2.05, 4.69) is 32.7 Å². The van der Waals surface area contributed by atoms with E-state index < -0.39 is 11.7 Å². The summed E-state index contributed by atoms with van der Waals surface area (Å²) < 4.78 is 19.3. The van der Waals surface area contributed by atoms with Crippen LogP contribution in [0.25, 0.3) is 11.0 Å². The van der Waals surface area contributed by atoms with Crippen LogP contribution >= 0.6 is 11.6 Å². The van der Waals surface area contributed by atoms with Crippen LogP contribution in [0.4, 0.5) is 10.2 Å². The molecule has 6 heterocycles. The molecule has 0 atom stereocenters. The molecule has 1 saturated heterocycles. The number of hydrogen-bond donors (Lipinski definition) is 1. The van der Waals surface area contributed by atoms with Crippen molar-refractivity contribution in [2.75, 3.05) is 11.4 Å². The maximum atomic E-state index is 14.5. The molecule has 1 saturated carbocycles. The van der Waals surface area contributed by atoms with Gasteiger partial charge in [-0.25, -0.2) is 18.6 Å². The number of halogens is 2. The van der Waals surface area contributed by atoms with Crippen molar-refractivity contribution in [1.29, 1.82) is 0 Å². The molecule has 0 radical (unpaired) electrons. The molecular formula is C26H23ClFN9O2. The van der Waals surface area contributed by atoms with Gasteiger partial charge in [-0.2, -0.15) is 5.10 Å². The summed E-state index contributed by atoms with van der Waals surface area (Å²) in [5, 5.41) is 15.5. The number of amides is 2. The van der Waals surface area contributed by atoms with E-state index >= 15 is 0 Å². The molecule has 11 nitrogen and oxygen atoms in total. The summed E-state index contributed by atoms with van der Waals surface area (Å²) in [6.07, 6.45) is 8.30. The second kappa shape index (κ2) is 9.16. The molecule has 5 aromatic rings. The first-order valence-corrected chi connectivity index (χ1v) is 13.1. The van der Waals surface area contributed by atoms with E-state index in [9.17, 15) is 14.0 Å². The number of carbonyl (C=O) groups excluding carboxylic acids is 2. The first-order chi connectivity index (χ1) is 18.9. The average molecular weight is 548 g/mol. The second-order valence-corrected chi connectivity index (χ2v) is 10.4. The van der Waals surface area contributed by atoms with Crippen molar-refractivity contribution in [2.24, 2.45) is 0 Å². The van der Waals surface area contributed by atoms with E-state index in [0.29, 0.717) is 31.1 Å². The number of aromatic nitrogens is 7. The Morgan fingerprint density at radius 3 is 2.90 bits per heavy atom.